The number of aryl methyl sites for hydroxylation is 1. The van der Waals surface area contributed by atoms with Gasteiger partial charge in [-0.3, -0.25) is 9.59 Å². The molecule has 3 rings (SSSR count). The summed E-state index contributed by atoms with van der Waals surface area (Å²) in [6.07, 6.45) is 3.68. The Hall–Kier alpha value is -2.41. The van der Waals surface area contributed by atoms with Gasteiger partial charge in [-0.1, -0.05) is 18.2 Å². The van der Waals surface area contributed by atoms with E-state index in [0.717, 1.165) is 23.5 Å². The van der Waals surface area contributed by atoms with Crippen molar-refractivity contribution in [2.45, 2.75) is 26.2 Å². The number of para-hydroxylation sites is 1. The normalized spacial score (nSPS) is 17.0. The highest BCUT2D eigenvalue weighted by Crippen LogP contribution is 2.22. The lowest BCUT2D eigenvalue weighted by Gasteiger charge is -2.32. The fourth-order valence-electron chi connectivity index (χ4n) is 2.97. The molecule has 0 spiro atoms. The molecular formula is C19H23N3O3S. The minimum Gasteiger partial charge on any atom is -0.493 e. The number of aromatic nitrogens is 1. The van der Waals surface area contributed by atoms with E-state index in [0.29, 0.717) is 31.2 Å². The molecule has 1 aliphatic rings. The van der Waals surface area contributed by atoms with E-state index in [1.165, 1.54) is 11.3 Å². The molecule has 2 amide bonds. The van der Waals surface area contributed by atoms with Gasteiger partial charge in [-0.15, -0.1) is 11.3 Å². The zero-order valence-electron chi connectivity index (χ0n) is 14.8. The van der Waals surface area contributed by atoms with Crippen LogP contribution in [0.25, 0.3) is 0 Å². The Morgan fingerprint density at radius 3 is 2.88 bits per heavy atom. The van der Waals surface area contributed by atoms with Gasteiger partial charge >= 0.3 is 0 Å². The van der Waals surface area contributed by atoms with E-state index < -0.39 is 0 Å². The fraction of sp³-hybridized carbons (Fsp3) is 0.421. The molecule has 1 fully saturated rings. The Morgan fingerprint density at radius 2 is 2.15 bits per heavy atom. The molecule has 2 aromatic rings. The number of piperidine rings is 1. The van der Waals surface area contributed by atoms with Crippen molar-refractivity contribution in [2.24, 2.45) is 5.92 Å². The monoisotopic (exact) mass is 373 g/mol. The molecule has 1 atom stereocenters. The summed E-state index contributed by atoms with van der Waals surface area (Å²) >= 11 is 1.46. The van der Waals surface area contributed by atoms with Crippen LogP contribution in [0.5, 0.6) is 5.75 Å². The average molecular weight is 373 g/mol. The summed E-state index contributed by atoms with van der Waals surface area (Å²) in [4.78, 5) is 31.9. The van der Waals surface area contributed by atoms with Crippen LogP contribution in [0.3, 0.4) is 0 Å². The van der Waals surface area contributed by atoms with Crippen LogP contribution in [0.1, 0.15) is 24.1 Å². The van der Waals surface area contributed by atoms with E-state index in [2.05, 4.69) is 10.3 Å². The van der Waals surface area contributed by atoms with E-state index in [9.17, 15) is 9.59 Å². The summed E-state index contributed by atoms with van der Waals surface area (Å²) < 4.78 is 5.59. The van der Waals surface area contributed by atoms with Crippen LogP contribution in [0.4, 0.5) is 5.13 Å². The molecule has 0 saturated carbocycles. The SMILES string of the molecule is Cc1cnc(NC(=O)C2CCCN(C(=O)CCOc3ccccc3)C2)s1. The highest BCUT2D eigenvalue weighted by atomic mass is 32.1. The Bertz CT molecular complexity index is 747. The lowest BCUT2D eigenvalue weighted by molar-refractivity contribution is -0.135. The van der Waals surface area contributed by atoms with Crippen molar-refractivity contribution in [3.8, 4) is 5.75 Å². The number of nitrogens with zero attached hydrogens (tertiary/aromatic N) is 2. The number of ether oxygens (including phenoxy) is 1. The number of carbonyl (C=O) groups is 2. The number of likely N-dealkylation sites (tertiary alicyclic amines) is 1. The highest BCUT2D eigenvalue weighted by molar-refractivity contribution is 7.15. The first-order valence-electron chi connectivity index (χ1n) is 8.81. The minimum absolute atomic E-state index is 0.0310. The third kappa shape index (κ3) is 5.05. The summed E-state index contributed by atoms with van der Waals surface area (Å²) in [5, 5.41) is 3.48. The molecule has 0 radical (unpaired) electrons. The van der Waals surface area contributed by atoms with E-state index in [-0.39, 0.29) is 17.7 Å². The number of rotatable bonds is 6. The first-order valence-corrected chi connectivity index (χ1v) is 9.62. The standard InChI is InChI=1S/C19H23N3O3S/c1-14-12-20-19(26-14)21-18(24)15-6-5-10-22(13-15)17(23)9-11-25-16-7-3-2-4-8-16/h2-4,7-8,12,15H,5-6,9-11,13H2,1H3,(H,20,21,24). The Morgan fingerprint density at radius 1 is 1.35 bits per heavy atom. The van der Waals surface area contributed by atoms with E-state index in [1.807, 2.05) is 37.3 Å². The maximum absolute atomic E-state index is 12.4. The lowest BCUT2D eigenvalue weighted by Crippen LogP contribution is -2.44. The van der Waals surface area contributed by atoms with Gasteiger partial charge in [0, 0.05) is 24.2 Å². The van der Waals surface area contributed by atoms with Gasteiger partial charge in [-0.05, 0) is 31.9 Å². The van der Waals surface area contributed by atoms with Crippen molar-refractivity contribution >= 4 is 28.3 Å². The van der Waals surface area contributed by atoms with E-state index in [1.54, 1.807) is 11.1 Å². The topological polar surface area (TPSA) is 71.5 Å². The second-order valence-electron chi connectivity index (χ2n) is 6.36. The zero-order valence-corrected chi connectivity index (χ0v) is 15.6. The van der Waals surface area contributed by atoms with Crippen molar-refractivity contribution in [2.75, 3.05) is 25.0 Å². The molecule has 26 heavy (non-hydrogen) atoms. The van der Waals surface area contributed by atoms with Gasteiger partial charge in [0.25, 0.3) is 0 Å². The second-order valence-corrected chi connectivity index (χ2v) is 7.59. The van der Waals surface area contributed by atoms with Crippen molar-refractivity contribution in [1.29, 1.82) is 0 Å². The smallest absolute Gasteiger partial charge is 0.231 e. The Kier molecular flexibility index (Phi) is 6.22. The summed E-state index contributed by atoms with van der Waals surface area (Å²) in [7, 11) is 0. The van der Waals surface area contributed by atoms with Crippen LogP contribution in [-0.4, -0.2) is 41.4 Å². The van der Waals surface area contributed by atoms with Crippen LogP contribution in [0, 0.1) is 12.8 Å². The minimum atomic E-state index is -0.188. The van der Waals surface area contributed by atoms with Gasteiger partial charge in [0.1, 0.15) is 5.75 Å². The molecule has 2 heterocycles. The number of thiazole rings is 1. The molecular weight excluding hydrogens is 350 g/mol. The zero-order chi connectivity index (χ0) is 18.4. The maximum atomic E-state index is 12.4. The molecule has 7 heteroatoms. The highest BCUT2D eigenvalue weighted by Gasteiger charge is 2.28. The van der Waals surface area contributed by atoms with Crippen LogP contribution in [0.15, 0.2) is 36.5 Å². The molecule has 1 aliphatic heterocycles. The number of anilines is 1. The summed E-state index contributed by atoms with van der Waals surface area (Å²) in [5.41, 5.74) is 0. The van der Waals surface area contributed by atoms with Gasteiger partial charge in [-0.2, -0.15) is 0 Å². The number of hydrogen-bond donors (Lipinski definition) is 1. The second kappa shape index (κ2) is 8.80. The van der Waals surface area contributed by atoms with Crippen LogP contribution < -0.4 is 10.1 Å². The van der Waals surface area contributed by atoms with E-state index in [4.69, 9.17) is 4.74 Å². The molecule has 1 aromatic heterocycles. The molecule has 6 nitrogen and oxygen atoms in total. The summed E-state index contributed by atoms with van der Waals surface area (Å²) in [6.45, 7) is 3.45. The quantitative estimate of drug-likeness (QED) is 0.845. The predicted octanol–water partition coefficient (Wildman–Crippen LogP) is 3.10. The van der Waals surface area contributed by atoms with Crippen LogP contribution in [0.2, 0.25) is 0 Å². The Balaban J connectivity index is 1.46. The van der Waals surface area contributed by atoms with Crippen LogP contribution >= 0.6 is 11.3 Å². The molecule has 1 aromatic carbocycles. The van der Waals surface area contributed by atoms with Gasteiger partial charge in [0.15, 0.2) is 5.13 Å². The molecule has 0 aliphatic carbocycles. The Labute approximate surface area is 157 Å². The average Bonchev–Trinajstić information content (AvgIpc) is 3.07. The molecule has 1 unspecified atom stereocenters. The number of nitrogens with one attached hydrogen (secondary N) is 1. The third-order valence-electron chi connectivity index (χ3n) is 4.32. The van der Waals surface area contributed by atoms with Crippen LogP contribution in [-0.2, 0) is 9.59 Å². The molecule has 0 bridgehead atoms. The number of benzene rings is 1. The number of carbonyl (C=O) groups excluding carboxylic acids is 2. The molecule has 1 saturated heterocycles. The number of hydrogen-bond acceptors (Lipinski definition) is 5. The van der Waals surface area contributed by atoms with Gasteiger partial charge < -0.3 is 15.0 Å². The largest absolute Gasteiger partial charge is 0.493 e. The third-order valence-corrected chi connectivity index (χ3v) is 5.15. The lowest BCUT2D eigenvalue weighted by atomic mass is 9.97. The first kappa shape index (κ1) is 18.4. The van der Waals surface area contributed by atoms with Gasteiger partial charge in [-0.25, -0.2) is 4.98 Å². The summed E-state index contributed by atoms with van der Waals surface area (Å²) in [5.74, 6) is 0.544. The fourth-order valence-corrected chi connectivity index (χ4v) is 3.64. The van der Waals surface area contributed by atoms with Crippen molar-refractivity contribution < 1.29 is 14.3 Å². The first-order chi connectivity index (χ1) is 12.6. The molecule has 1 N–H and O–H groups in total. The van der Waals surface area contributed by atoms with Crippen molar-refractivity contribution in [3.63, 3.8) is 0 Å². The summed E-state index contributed by atoms with van der Waals surface area (Å²) in [6, 6.07) is 9.45. The molecule has 138 valence electrons. The predicted molar refractivity (Wildman–Crippen MR) is 101 cm³/mol. The van der Waals surface area contributed by atoms with Crippen molar-refractivity contribution in [3.05, 3.63) is 41.4 Å². The number of amides is 2. The van der Waals surface area contributed by atoms with E-state index >= 15 is 0 Å². The van der Waals surface area contributed by atoms with Crippen molar-refractivity contribution in [1.82, 2.24) is 9.88 Å². The maximum Gasteiger partial charge on any atom is 0.231 e. The van der Waals surface area contributed by atoms with Gasteiger partial charge in [0.2, 0.25) is 11.8 Å². The van der Waals surface area contributed by atoms with Gasteiger partial charge in [0.05, 0.1) is 18.9 Å².